The minimum absolute atomic E-state index is 0.0292. The Bertz CT molecular complexity index is 299. The Labute approximate surface area is 129 Å². The Kier molecular flexibility index (Phi) is 11.0. The number of carbonyl (C=O) groups excluding carboxylic acids is 2. The summed E-state index contributed by atoms with van der Waals surface area (Å²) in [5.41, 5.74) is 0. The molecular formula is C17H32O4. The number of hydrogen-bond acceptors (Lipinski definition) is 4. The van der Waals surface area contributed by atoms with Crippen LogP contribution < -0.4 is 0 Å². The molecule has 0 aliphatic heterocycles. The minimum atomic E-state index is -0.220. The zero-order valence-corrected chi connectivity index (χ0v) is 14.3. The van der Waals surface area contributed by atoms with Crippen molar-refractivity contribution in [1.82, 2.24) is 0 Å². The van der Waals surface area contributed by atoms with Crippen molar-refractivity contribution in [3.05, 3.63) is 0 Å². The molecule has 0 fully saturated rings. The second kappa shape index (κ2) is 11.6. The van der Waals surface area contributed by atoms with Gasteiger partial charge in [-0.15, -0.1) is 0 Å². The van der Waals surface area contributed by atoms with E-state index in [1.54, 1.807) is 0 Å². The average Bonchev–Trinajstić information content (AvgIpc) is 2.42. The van der Waals surface area contributed by atoms with Crippen LogP contribution >= 0.6 is 0 Å². The highest BCUT2D eigenvalue weighted by atomic mass is 16.5. The van der Waals surface area contributed by atoms with Crippen LogP contribution in [-0.4, -0.2) is 24.1 Å². The highest BCUT2D eigenvalue weighted by molar-refractivity contribution is 5.72. The molecule has 0 aromatic carbocycles. The molecule has 0 aliphatic carbocycles. The smallest absolute Gasteiger partial charge is 0.306 e. The number of carbonyl (C=O) groups is 2. The van der Waals surface area contributed by atoms with E-state index in [1.807, 2.05) is 27.7 Å². The molecule has 0 bridgehead atoms. The second-order valence-electron chi connectivity index (χ2n) is 5.98. The highest BCUT2D eigenvalue weighted by Crippen LogP contribution is 2.13. The van der Waals surface area contributed by atoms with Crippen LogP contribution in [0, 0.1) is 5.92 Å². The third-order valence-electron chi connectivity index (χ3n) is 3.49. The van der Waals surface area contributed by atoms with Crippen LogP contribution in [0.15, 0.2) is 0 Å². The van der Waals surface area contributed by atoms with E-state index < -0.39 is 0 Å². The molecule has 0 N–H and O–H groups in total. The van der Waals surface area contributed by atoms with Crippen molar-refractivity contribution in [2.75, 3.05) is 0 Å². The normalized spacial score (nSPS) is 13.8. The molecule has 0 amide bonds. The van der Waals surface area contributed by atoms with Gasteiger partial charge in [0.1, 0.15) is 6.10 Å². The summed E-state index contributed by atoms with van der Waals surface area (Å²) in [7, 11) is 0. The SMILES string of the molecule is CCCCC(C)OC(=O)CCCC(=O)OC(CC)C(C)C. The van der Waals surface area contributed by atoms with Gasteiger partial charge in [-0.3, -0.25) is 9.59 Å². The molecule has 2 atom stereocenters. The van der Waals surface area contributed by atoms with Crippen LogP contribution in [0.2, 0.25) is 0 Å². The number of hydrogen-bond donors (Lipinski definition) is 0. The van der Waals surface area contributed by atoms with Crippen LogP contribution in [-0.2, 0) is 19.1 Å². The molecule has 2 unspecified atom stereocenters. The Morgan fingerprint density at radius 1 is 0.905 bits per heavy atom. The van der Waals surface area contributed by atoms with Gasteiger partial charge in [0.2, 0.25) is 0 Å². The fraction of sp³-hybridized carbons (Fsp3) is 0.882. The number of ether oxygens (including phenoxy) is 2. The van der Waals surface area contributed by atoms with Gasteiger partial charge in [-0.2, -0.15) is 0 Å². The van der Waals surface area contributed by atoms with Crippen LogP contribution in [0.4, 0.5) is 0 Å². The van der Waals surface area contributed by atoms with Crippen LogP contribution in [0.1, 0.15) is 79.6 Å². The number of esters is 2. The molecule has 4 nitrogen and oxygen atoms in total. The van der Waals surface area contributed by atoms with Crippen LogP contribution in [0.3, 0.4) is 0 Å². The van der Waals surface area contributed by atoms with Gasteiger partial charge < -0.3 is 9.47 Å². The molecule has 4 heteroatoms. The van der Waals surface area contributed by atoms with Gasteiger partial charge in [-0.25, -0.2) is 0 Å². The standard InChI is InChI=1S/C17H32O4/c1-6-8-10-14(5)20-16(18)11-9-12-17(19)21-15(7-2)13(3)4/h13-15H,6-12H2,1-5H3. The third kappa shape index (κ3) is 10.3. The van der Waals surface area contributed by atoms with Crippen molar-refractivity contribution < 1.29 is 19.1 Å². The lowest BCUT2D eigenvalue weighted by Crippen LogP contribution is -2.23. The van der Waals surface area contributed by atoms with Gasteiger partial charge in [0, 0.05) is 12.8 Å². The molecule has 0 saturated heterocycles. The largest absolute Gasteiger partial charge is 0.463 e. The van der Waals surface area contributed by atoms with Gasteiger partial charge in [0.05, 0.1) is 6.10 Å². The van der Waals surface area contributed by atoms with E-state index in [0.29, 0.717) is 12.3 Å². The minimum Gasteiger partial charge on any atom is -0.463 e. The van der Waals surface area contributed by atoms with Gasteiger partial charge in [0.25, 0.3) is 0 Å². The van der Waals surface area contributed by atoms with Crippen LogP contribution in [0.25, 0.3) is 0 Å². The van der Waals surface area contributed by atoms with Crippen LogP contribution in [0.5, 0.6) is 0 Å². The molecule has 0 aliphatic rings. The Hall–Kier alpha value is -1.06. The van der Waals surface area contributed by atoms with Gasteiger partial charge >= 0.3 is 11.9 Å². The quantitative estimate of drug-likeness (QED) is 0.535. The third-order valence-corrected chi connectivity index (χ3v) is 3.49. The van der Waals surface area contributed by atoms with E-state index in [1.165, 1.54) is 0 Å². The zero-order valence-electron chi connectivity index (χ0n) is 14.3. The summed E-state index contributed by atoms with van der Waals surface area (Å²) >= 11 is 0. The molecule has 0 spiro atoms. The summed E-state index contributed by atoms with van der Waals surface area (Å²) in [4.78, 5) is 23.3. The predicted molar refractivity (Wildman–Crippen MR) is 83.9 cm³/mol. The first-order chi connectivity index (χ1) is 9.90. The van der Waals surface area contributed by atoms with Crippen molar-refractivity contribution in [2.24, 2.45) is 5.92 Å². The molecule has 0 aromatic rings. The molecule has 0 rings (SSSR count). The van der Waals surface area contributed by atoms with E-state index in [4.69, 9.17) is 9.47 Å². The fourth-order valence-corrected chi connectivity index (χ4v) is 2.13. The molecule has 0 aromatic heterocycles. The van der Waals surface area contributed by atoms with Gasteiger partial charge in [-0.1, -0.05) is 40.5 Å². The molecule has 21 heavy (non-hydrogen) atoms. The fourth-order valence-electron chi connectivity index (χ4n) is 2.13. The summed E-state index contributed by atoms with van der Waals surface area (Å²) in [6.45, 7) is 10.1. The van der Waals surface area contributed by atoms with Gasteiger partial charge in [-0.05, 0) is 32.1 Å². The summed E-state index contributed by atoms with van der Waals surface area (Å²) in [6, 6.07) is 0. The van der Waals surface area contributed by atoms with Gasteiger partial charge in [0.15, 0.2) is 0 Å². The molecule has 0 radical (unpaired) electrons. The first-order valence-corrected chi connectivity index (χ1v) is 8.29. The summed E-state index contributed by atoms with van der Waals surface area (Å²) in [5, 5.41) is 0. The highest BCUT2D eigenvalue weighted by Gasteiger charge is 2.16. The maximum atomic E-state index is 11.7. The monoisotopic (exact) mass is 300 g/mol. The van der Waals surface area contributed by atoms with Crippen molar-refractivity contribution >= 4 is 11.9 Å². The van der Waals surface area contributed by atoms with E-state index >= 15 is 0 Å². The number of rotatable bonds is 11. The van der Waals surface area contributed by atoms with Crippen molar-refractivity contribution in [3.63, 3.8) is 0 Å². The van der Waals surface area contributed by atoms with E-state index in [9.17, 15) is 9.59 Å². The lowest BCUT2D eigenvalue weighted by atomic mass is 10.1. The second-order valence-corrected chi connectivity index (χ2v) is 5.98. The van der Waals surface area contributed by atoms with Crippen molar-refractivity contribution in [2.45, 2.75) is 91.8 Å². The topological polar surface area (TPSA) is 52.6 Å². The zero-order chi connectivity index (χ0) is 16.3. The van der Waals surface area contributed by atoms with E-state index in [2.05, 4.69) is 6.92 Å². The first-order valence-electron chi connectivity index (χ1n) is 8.29. The Morgan fingerprint density at radius 3 is 1.95 bits per heavy atom. The average molecular weight is 300 g/mol. The van der Waals surface area contributed by atoms with E-state index in [-0.39, 0.29) is 37.0 Å². The Morgan fingerprint density at radius 2 is 1.48 bits per heavy atom. The Balaban J connectivity index is 3.82. The predicted octanol–water partition coefficient (Wildman–Crippen LogP) is 4.26. The van der Waals surface area contributed by atoms with E-state index in [0.717, 1.165) is 25.7 Å². The maximum Gasteiger partial charge on any atom is 0.306 e. The summed E-state index contributed by atoms with van der Waals surface area (Å²) in [6.07, 6.45) is 4.87. The molecular weight excluding hydrogens is 268 g/mol. The van der Waals surface area contributed by atoms with Crippen molar-refractivity contribution in [3.8, 4) is 0 Å². The number of unbranched alkanes of at least 4 members (excludes halogenated alkanes) is 1. The first kappa shape index (κ1) is 19.9. The molecule has 0 heterocycles. The lowest BCUT2D eigenvalue weighted by molar-refractivity contribution is -0.152. The molecule has 124 valence electrons. The lowest BCUT2D eigenvalue weighted by Gasteiger charge is -2.19. The van der Waals surface area contributed by atoms with Crippen molar-refractivity contribution in [1.29, 1.82) is 0 Å². The maximum absolute atomic E-state index is 11.7. The summed E-state index contributed by atoms with van der Waals surface area (Å²) < 4.78 is 10.7. The summed E-state index contributed by atoms with van der Waals surface area (Å²) in [5.74, 6) is -0.118. The molecule has 0 saturated carbocycles.